The summed E-state index contributed by atoms with van der Waals surface area (Å²) in [5.41, 5.74) is 2.87. The monoisotopic (exact) mass is 564 g/mol. The molecule has 40 heavy (non-hydrogen) atoms. The summed E-state index contributed by atoms with van der Waals surface area (Å²) >= 11 is 6.12. The molecule has 2 atom stereocenters. The van der Waals surface area contributed by atoms with E-state index in [1.54, 1.807) is 17.0 Å². The van der Waals surface area contributed by atoms with Gasteiger partial charge in [-0.3, -0.25) is 9.59 Å². The zero-order chi connectivity index (χ0) is 28.9. The van der Waals surface area contributed by atoms with Gasteiger partial charge in [-0.15, -0.1) is 0 Å². The highest BCUT2D eigenvalue weighted by molar-refractivity contribution is 6.30. The molecule has 1 N–H and O–H groups in total. The fourth-order valence-electron chi connectivity index (χ4n) is 4.43. The molecule has 214 valence electrons. The lowest BCUT2D eigenvalue weighted by atomic mass is 10.0. The van der Waals surface area contributed by atoms with Gasteiger partial charge in [0, 0.05) is 30.5 Å². The standard InChI is InChI=1S/C33H41ClN2O4/c1-5-24(4)35-33(38)29(21-25-11-9-8-10-12-25)36(23-27-13-17-28(34)18-14-27)32(37)20-16-26-15-19-30(39-6-2)31(22-26)40-7-3/h8-15,17-19,22,24,29H,5-7,16,20-21,23H2,1-4H3,(H,35,38)/t24-,29+/m0/s1. The first-order chi connectivity index (χ1) is 19.3. The number of aryl methyl sites for hydroxylation is 1. The Bertz CT molecular complexity index is 1220. The number of carbonyl (C=O) groups excluding carboxylic acids is 2. The van der Waals surface area contributed by atoms with Crippen LogP contribution in [0.15, 0.2) is 72.8 Å². The zero-order valence-electron chi connectivity index (χ0n) is 24.0. The molecule has 3 aromatic rings. The van der Waals surface area contributed by atoms with E-state index in [0.29, 0.717) is 49.1 Å². The smallest absolute Gasteiger partial charge is 0.243 e. The highest BCUT2D eigenvalue weighted by Gasteiger charge is 2.30. The second-order valence-corrected chi connectivity index (χ2v) is 10.3. The number of rotatable bonds is 15. The Hall–Kier alpha value is -3.51. The Kier molecular flexibility index (Phi) is 12.4. The van der Waals surface area contributed by atoms with Gasteiger partial charge in [-0.2, -0.15) is 0 Å². The predicted molar refractivity (Wildman–Crippen MR) is 161 cm³/mol. The van der Waals surface area contributed by atoms with Crippen LogP contribution < -0.4 is 14.8 Å². The highest BCUT2D eigenvalue weighted by atomic mass is 35.5. The maximum Gasteiger partial charge on any atom is 0.243 e. The lowest BCUT2D eigenvalue weighted by Gasteiger charge is -2.32. The van der Waals surface area contributed by atoms with Crippen LogP contribution in [0, 0.1) is 0 Å². The molecule has 0 saturated carbocycles. The van der Waals surface area contributed by atoms with Gasteiger partial charge >= 0.3 is 0 Å². The van der Waals surface area contributed by atoms with Crippen molar-refractivity contribution in [2.75, 3.05) is 13.2 Å². The van der Waals surface area contributed by atoms with Crippen LogP contribution >= 0.6 is 11.6 Å². The molecule has 2 amide bonds. The molecule has 0 radical (unpaired) electrons. The van der Waals surface area contributed by atoms with E-state index in [9.17, 15) is 9.59 Å². The predicted octanol–water partition coefficient (Wildman–Crippen LogP) is 6.62. The van der Waals surface area contributed by atoms with Gasteiger partial charge in [-0.1, -0.05) is 67.1 Å². The third-order valence-corrected chi connectivity index (χ3v) is 7.03. The van der Waals surface area contributed by atoms with Gasteiger partial charge < -0.3 is 19.7 Å². The number of halogens is 1. The normalized spacial score (nSPS) is 12.3. The lowest BCUT2D eigenvalue weighted by molar-refractivity contribution is -0.141. The fourth-order valence-corrected chi connectivity index (χ4v) is 4.55. The van der Waals surface area contributed by atoms with Crippen molar-refractivity contribution in [2.24, 2.45) is 0 Å². The first kappa shape index (κ1) is 31.0. The lowest BCUT2D eigenvalue weighted by Crippen LogP contribution is -2.52. The Balaban J connectivity index is 1.90. The van der Waals surface area contributed by atoms with Crippen LogP contribution in [0.3, 0.4) is 0 Å². The second-order valence-electron chi connectivity index (χ2n) is 9.82. The molecule has 0 aliphatic heterocycles. The van der Waals surface area contributed by atoms with Gasteiger partial charge in [0.25, 0.3) is 0 Å². The summed E-state index contributed by atoms with van der Waals surface area (Å²) < 4.78 is 11.5. The van der Waals surface area contributed by atoms with E-state index in [1.807, 2.05) is 88.4 Å². The van der Waals surface area contributed by atoms with E-state index in [0.717, 1.165) is 23.1 Å². The molecular formula is C33H41ClN2O4. The maximum absolute atomic E-state index is 13.9. The van der Waals surface area contributed by atoms with Gasteiger partial charge in [0.15, 0.2) is 11.5 Å². The molecule has 0 aromatic heterocycles. The average molecular weight is 565 g/mol. The average Bonchev–Trinajstić information content (AvgIpc) is 2.96. The largest absolute Gasteiger partial charge is 0.490 e. The van der Waals surface area contributed by atoms with Gasteiger partial charge in [-0.05, 0) is 74.6 Å². The summed E-state index contributed by atoms with van der Waals surface area (Å²) in [6.07, 6.45) is 1.97. The molecule has 7 heteroatoms. The number of nitrogens with one attached hydrogen (secondary N) is 1. The molecule has 3 aromatic carbocycles. The molecule has 0 saturated heterocycles. The Labute approximate surface area is 243 Å². The molecule has 0 aliphatic rings. The van der Waals surface area contributed by atoms with Crippen molar-refractivity contribution in [3.8, 4) is 11.5 Å². The number of carbonyl (C=O) groups is 2. The van der Waals surface area contributed by atoms with Crippen LogP contribution in [0.5, 0.6) is 11.5 Å². The number of hydrogen-bond acceptors (Lipinski definition) is 4. The van der Waals surface area contributed by atoms with Crippen LogP contribution in [0.2, 0.25) is 5.02 Å². The van der Waals surface area contributed by atoms with Crippen molar-refractivity contribution < 1.29 is 19.1 Å². The van der Waals surface area contributed by atoms with E-state index < -0.39 is 6.04 Å². The van der Waals surface area contributed by atoms with Crippen LogP contribution in [-0.4, -0.2) is 42.0 Å². The number of amides is 2. The minimum absolute atomic E-state index is 0.000835. The second kappa shape index (κ2) is 15.9. The molecule has 0 heterocycles. The molecule has 0 unspecified atom stereocenters. The van der Waals surface area contributed by atoms with E-state index in [4.69, 9.17) is 21.1 Å². The van der Waals surface area contributed by atoms with E-state index >= 15 is 0 Å². The Morgan fingerprint density at radius 2 is 1.50 bits per heavy atom. The van der Waals surface area contributed by atoms with Gasteiger partial charge in [0.05, 0.1) is 13.2 Å². The maximum atomic E-state index is 13.9. The van der Waals surface area contributed by atoms with Gasteiger partial charge in [0.1, 0.15) is 6.04 Å². The number of ether oxygens (including phenoxy) is 2. The first-order valence-corrected chi connectivity index (χ1v) is 14.5. The minimum atomic E-state index is -0.668. The molecular weight excluding hydrogens is 524 g/mol. The minimum Gasteiger partial charge on any atom is -0.490 e. The van der Waals surface area contributed by atoms with Gasteiger partial charge in [0.2, 0.25) is 11.8 Å². The SMILES string of the molecule is CCOc1ccc(CCC(=O)N(Cc2ccc(Cl)cc2)[C@H](Cc2ccccc2)C(=O)N[C@@H](C)CC)cc1OCC. The third-order valence-electron chi connectivity index (χ3n) is 6.77. The van der Waals surface area contributed by atoms with Crippen LogP contribution in [0.1, 0.15) is 57.2 Å². The molecule has 0 bridgehead atoms. The van der Waals surface area contributed by atoms with E-state index in [-0.39, 0.29) is 24.3 Å². The number of benzene rings is 3. The van der Waals surface area contributed by atoms with Crippen molar-refractivity contribution in [1.29, 1.82) is 0 Å². The van der Waals surface area contributed by atoms with Crippen molar-refractivity contribution in [3.05, 3.63) is 94.5 Å². The first-order valence-electron chi connectivity index (χ1n) is 14.1. The summed E-state index contributed by atoms with van der Waals surface area (Å²) in [4.78, 5) is 29.3. The van der Waals surface area contributed by atoms with Crippen LogP contribution in [0.25, 0.3) is 0 Å². The zero-order valence-corrected chi connectivity index (χ0v) is 24.7. The molecule has 6 nitrogen and oxygen atoms in total. The third kappa shape index (κ3) is 9.30. The number of nitrogens with zero attached hydrogens (tertiary/aromatic N) is 1. The molecule has 0 aliphatic carbocycles. The van der Waals surface area contributed by atoms with Crippen molar-refractivity contribution in [1.82, 2.24) is 10.2 Å². The van der Waals surface area contributed by atoms with Gasteiger partial charge in [-0.25, -0.2) is 0 Å². The quantitative estimate of drug-likeness (QED) is 0.225. The Morgan fingerprint density at radius 3 is 2.15 bits per heavy atom. The molecule has 0 spiro atoms. The van der Waals surface area contributed by atoms with E-state index in [1.165, 1.54) is 0 Å². The van der Waals surface area contributed by atoms with Crippen molar-refractivity contribution in [3.63, 3.8) is 0 Å². The summed E-state index contributed by atoms with van der Waals surface area (Å²) in [5.74, 6) is 1.11. The fraction of sp³-hybridized carbons (Fsp3) is 0.394. The molecule has 0 fully saturated rings. The van der Waals surface area contributed by atoms with Crippen LogP contribution in [-0.2, 0) is 29.0 Å². The van der Waals surface area contributed by atoms with E-state index in [2.05, 4.69) is 5.32 Å². The van der Waals surface area contributed by atoms with Crippen molar-refractivity contribution >= 4 is 23.4 Å². The summed E-state index contributed by atoms with van der Waals surface area (Å²) in [5, 5.41) is 3.73. The van der Waals surface area contributed by atoms with Crippen LogP contribution in [0.4, 0.5) is 0 Å². The molecule has 3 rings (SSSR count). The summed E-state index contributed by atoms with van der Waals surface area (Å²) in [6, 6.07) is 22.3. The number of hydrogen-bond donors (Lipinski definition) is 1. The summed E-state index contributed by atoms with van der Waals surface area (Å²) in [6.45, 7) is 9.22. The van der Waals surface area contributed by atoms with Crippen molar-refractivity contribution in [2.45, 2.75) is 72.0 Å². The Morgan fingerprint density at radius 1 is 0.850 bits per heavy atom. The topological polar surface area (TPSA) is 67.9 Å². The summed E-state index contributed by atoms with van der Waals surface area (Å²) in [7, 11) is 0. The highest BCUT2D eigenvalue weighted by Crippen LogP contribution is 2.29.